The van der Waals surface area contributed by atoms with Crippen molar-refractivity contribution in [1.82, 2.24) is 4.98 Å². The third kappa shape index (κ3) is 3.28. The first kappa shape index (κ1) is 17.6. The SMILES string of the molecule is CC(=O)c1ccccc1N(C(=N)S)c1c[nH]c2ccccc12.I. The molecule has 0 aliphatic carbocycles. The number of amidine groups is 1. The number of hydrogen-bond acceptors (Lipinski definition) is 2. The molecule has 0 aliphatic heterocycles. The van der Waals surface area contributed by atoms with Gasteiger partial charge in [0, 0.05) is 22.7 Å². The van der Waals surface area contributed by atoms with E-state index in [4.69, 9.17) is 5.41 Å². The highest BCUT2D eigenvalue weighted by Gasteiger charge is 2.20. The number of benzene rings is 2. The zero-order chi connectivity index (χ0) is 15.7. The van der Waals surface area contributed by atoms with Gasteiger partial charge in [0.2, 0.25) is 0 Å². The quantitative estimate of drug-likeness (QED) is 0.178. The van der Waals surface area contributed by atoms with E-state index >= 15 is 0 Å². The predicted molar refractivity (Wildman–Crippen MR) is 109 cm³/mol. The topological polar surface area (TPSA) is 60.0 Å². The molecule has 3 aromatic rings. The van der Waals surface area contributed by atoms with Crippen LogP contribution in [-0.2, 0) is 0 Å². The van der Waals surface area contributed by atoms with E-state index in [0.29, 0.717) is 11.3 Å². The fourth-order valence-corrected chi connectivity index (χ4v) is 2.78. The molecule has 0 saturated heterocycles. The van der Waals surface area contributed by atoms with Gasteiger partial charge in [-0.1, -0.05) is 30.3 Å². The number of halogens is 1. The van der Waals surface area contributed by atoms with Crippen LogP contribution in [0.25, 0.3) is 10.9 Å². The summed E-state index contributed by atoms with van der Waals surface area (Å²) in [5.74, 6) is -0.0463. The van der Waals surface area contributed by atoms with E-state index in [2.05, 4.69) is 17.6 Å². The van der Waals surface area contributed by atoms with Crippen molar-refractivity contribution in [2.75, 3.05) is 4.90 Å². The van der Waals surface area contributed by atoms with Crippen LogP contribution in [0.5, 0.6) is 0 Å². The van der Waals surface area contributed by atoms with Gasteiger partial charge in [0.25, 0.3) is 0 Å². The zero-order valence-electron chi connectivity index (χ0n) is 12.4. The van der Waals surface area contributed by atoms with Gasteiger partial charge in [-0.15, -0.1) is 36.6 Å². The summed E-state index contributed by atoms with van der Waals surface area (Å²) in [5, 5.41) is 9.07. The third-order valence-corrected chi connectivity index (χ3v) is 3.74. The van der Waals surface area contributed by atoms with Gasteiger partial charge >= 0.3 is 0 Å². The van der Waals surface area contributed by atoms with Crippen LogP contribution in [0.1, 0.15) is 17.3 Å². The molecule has 0 radical (unpaired) electrons. The second-order valence-corrected chi connectivity index (χ2v) is 5.38. The number of carbonyl (C=O) groups is 1. The highest BCUT2D eigenvalue weighted by molar-refractivity contribution is 14.0. The number of carbonyl (C=O) groups excluding carboxylic acids is 1. The zero-order valence-corrected chi connectivity index (χ0v) is 15.6. The molecule has 0 fully saturated rings. The lowest BCUT2D eigenvalue weighted by atomic mass is 10.1. The molecule has 1 aromatic heterocycles. The van der Waals surface area contributed by atoms with E-state index in [9.17, 15) is 4.79 Å². The Morgan fingerprint density at radius 1 is 1.09 bits per heavy atom. The molecule has 23 heavy (non-hydrogen) atoms. The number of aromatic amines is 1. The van der Waals surface area contributed by atoms with Gasteiger partial charge < -0.3 is 4.98 Å². The van der Waals surface area contributed by atoms with Gasteiger partial charge in [0.1, 0.15) is 0 Å². The highest BCUT2D eigenvalue weighted by Crippen LogP contribution is 2.35. The normalized spacial score (nSPS) is 10.2. The number of anilines is 2. The van der Waals surface area contributed by atoms with E-state index in [1.54, 1.807) is 11.0 Å². The molecule has 2 aromatic carbocycles. The van der Waals surface area contributed by atoms with Crippen molar-refractivity contribution in [2.24, 2.45) is 0 Å². The summed E-state index contributed by atoms with van der Waals surface area (Å²) in [6.45, 7) is 1.52. The number of H-pyrrole nitrogens is 1. The van der Waals surface area contributed by atoms with E-state index in [0.717, 1.165) is 16.6 Å². The average Bonchev–Trinajstić information content (AvgIpc) is 2.92. The third-order valence-electron chi connectivity index (χ3n) is 3.54. The van der Waals surface area contributed by atoms with E-state index in [-0.39, 0.29) is 34.9 Å². The number of ketones is 1. The number of nitrogens with zero attached hydrogens (tertiary/aromatic N) is 1. The maximum atomic E-state index is 11.9. The maximum absolute atomic E-state index is 11.9. The maximum Gasteiger partial charge on any atom is 0.162 e. The van der Waals surface area contributed by atoms with Crippen molar-refractivity contribution in [3.05, 3.63) is 60.3 Å². The molecule has 0 aliphatic rings. The van der Waals surface area contributed by atoms with Crippen LogP contribution in [0.15, 0.2) is 54.7 Å². The molecule has 0 spiro atoms. The first-order chi connectivity index (χ1) is 10.6. The molecule has 0 amide bonds. The molecule has 2 N–H and O–H groups in total. The monoisotopic (exact) mass is 437 g/mol. The molecule has 1 heterocycles. The molecule has 6 heteroatoms. The van der Waals surface area contributed by atoms with Crippen LogP contribution < -0.4 is 4.90 Å². The second kappa shape index (κ2) is 7.18. The van der Waals surface area contributed by atoms with Gasteiger partial charge in [-0.25, -0.2) is 0 Å². The van der Waals surface area contributed by atoms with Crippen molar-refractivity contribution in [1.29, 1.82) is 5.41 Å². The van der Waals surface area contributed by atoms with Gasteiger partial charge in [-0.3, -0.25) is 15.1 Å². The number of Topliss-reactive ketones (excluding diaryl/α,β-unsaturated/α-hetero) is 1. The Morgan fingerprint density at radius 2 is 1.74 bits per heavy atom. The summed E-state index contributed by atoms with van der Waals surface area (Å²) >= 11 is 4.22. The Hall–Kier alpha value is -1.80. The smallest absolute Gasteiger partial charge is 0.162 e. The fourth-order valence-electron chi connectivity index (χ4n) is 2.57. The number of thiol groups is 1. The van der Waals surface area contributed by atoms with Crippen LogP contribution >= 0.6 is 36.6 Å². The number of nitrogens with one attached hydrogen (secondary N) is 2. The highest BCUT2D eigenvalue weighted by atomic mass is 127. The summed E-state index contributed by atoms with van der Waals surface area (Å²) in [5.41, 5.74) is 2.98. The standard InChI is InChI=1S/C17H15N3OS.HI/c1-11(21)12-6-3-5-9-15(12)20(17(18)22)16-10-19-14-8-4-2-7-13(14)16;/h2-10,19H,1H3,(H2,18,22);1H. The van der Waals surface area contributed by atoms with Crippen molar-refractivity contribution in [3.63, 3.8) is 0 Å². The van der Waals surface area contributed by atoms with Gasteiger partial charge in [0.05, 0.1) is 11.4 Å². The largest absolute Gasteiger partial charge is 0.359 e. The van der Waals surface area contributed by atoms with Crippen LogP contribution in [0.3, 0.4) is 0 Å². The minimum absolute atomic E-state index is 0. The number of hydrogen-bond donors (Lipinski definition) is 3. The van der Waals surface area contributed by atoms with Crippen molar-refractivity contribution in [3.8, 4) is 0 Å². The Bertz CT molecular complexity index is 875. The summed E-state index contributed by atoms with van der Waals surface area (Å²) in [7, 11) is 0. The van der Waals surface area contributed by atoms with E-state index < -0.39 is 0 Å². The van der Waals surface area contributed by atoms with Crippen molar-refractivity contribution < 1.29 is 4.79 Å². The minimum Gasteiger partial charge on any atom is -0.359 e. The molecule has 0 unspecified atom stereocenters. The lowest BCUT2D eigenvalue weighted by Gasteiger charge is -2.24. The number of aromatic nitrogens is 1. The number of rotatable bonds is 3. The van der Waals surface area contributed by atoms with Crippen molar-refractivity contribution >= 4 is 69.8 Å². The lowest BCUT2D eigenvalue weighted by molar-refractivity contribution is 0.101. The molecule has 0 atom stereocenters. The molecule has 4 nitrogen and oxygen atoms in total. The molecular formula is C17H16IN3OS. The first-order valence-corrected chi connectivity index (χ1v) is 7.28. The summed E-state index contributed by atoms with van der Waals surface area (Å²) < 4.78 is 0. The van der Waals surface area contributed by atoms with Gasteiger partial charge in [-0.05, 0) is 25.1 Å². The molecule has 0 saturated carbocycles. The Balaban J connectivity index is 0.00000192. The molecule has 0 bridgehead atoms. The second-order valence-electron chi connectivity index (χ2n) is 4.95. The first-order valence-electron chi connectivity index (χ1n) is 6.83. The van der Waals surface area contributed by atoms with Crippen molar-refractivity contribution in [2.45, 2.75) is 6.92 Å². The molecule has 118 valence electrons. The lowest BCUT2D eigenvalue weighted by Crippen LogP contribution is -2.22. The van der Waals surface area contributed by atoms with E-state index in [1.807, 2.05) is 48.7 Å². The molecular weight excluding hydrogens is 421 g/mol. The number of para-hydroxylation sites is 2. The average molecular weight is 437 g/mol. The summed E-state index contributed by atoms with van der Waals surface area (Å²) in [4.78, 5) is 16.7. The van der Waals surface area contributed by atoms with Crippen LogP contribution in [0.4, 0.5) is 11.4 Å². The fraction of sp³-hybridized carbons (Fsp3) is 0.0588. The van der Waals surface area contributed by atoms with E-state index in [1.165, 1.54) is 6.92 Å². The summed E-state index contributed by atoms with van der Waals surface area (Å²) in [6, 6.07) is 15.1. The minimum atomic E-state index is -0.0463. The van der Waals surface area contributed by atoms with Crippen LogP contribution in [0.2, 0.25) is 0 Å². The van der Waals surface area contributed by atoms with Crippen LogP contribution in [-0.4, -0.2) is 15.9 Å². The molecule has 3 rings (SSSR count). The Kier molecular flexibility index (Phi) is 5.48. The van der Waals surface area contributed by atoms with Crippen LogP contribution in [0, 0.1) is 5.41 Å². The number of fused-ring (bicyclic) bond motifs is 1. The Labute approximate surface area is 156 Å². The summed E-state index contributed by atoms with van der Waals surface area (Å²) in [6.07, 6.45) is 1.83. The predicted octanol–water partition coefficient (Wildman–Crippen LogP) is 4.99. The van der Waals surface area contributed by atoms with Gasteiger partial charge in [-0.2, -0.15) is 0 Å². The Morgan fingerprint density at radius 3 is 2.43 bits per heavy atom. The van der Waals surface area contributed by atoms with Gasteiger partial charge in [0.15, 0.2) is 11.0 Å².